The topological polar surface area (TPSA) is 97.6 Å². The summed E-state index contributed by atoms with van der Waals surface area (Å²) >= 11 is 2.14. The number of benzene rings is 1. The summed E-state index contributed by atoms with van der Waals surface area (Å²) in [7, 11) is 0. The number of carbonyl (C=O) groups is 2. The molecule has 0 radical (unpaired) electrons. The summed E-state index contributed by atoms with van der Waals surface area (Å²) in [5.41, 5.74) is 0.702. The highest BCUT2D eigenvalue weighted by Gasteiger charge is 2.26. The summed E-state index contributed by atoms with van der Waals surface area (Å²) in [6.07, 6.45) is 6.30. The molecule has 0 unspecified atom stereocenters. The van der Waals surface area contributed by atoms with E-state index in [9.17, 15) is 18.4 Å². The molecule has 11 heteroatoms. The van der Waals surface area contributed by atoms with Crippen LogP contribution >= 0.6 is 22.6 Å². The van der Waals surface area contributed by atoms with Crippen molar-refractivity contribution >= 4 is 40.1 Å². The Bertz CT molecular complexity index is 1470. The SMILES string of the molecule is O=C(NC1CCC(NC(=O)c2cc(F)cnc2Oc2cccc(I)c2)CC1)c1cn2cc(F)ccc2n1. The van der Waals surface area contributed by atoms with Gasteiger partial charge in [0.15, 0.2) is 0 Å². The van der Waals surface area contributed by atoms with Crippen LogP contribution in [0.1, 0.15) is 46.5 Å². The van der Waals surface area contributed by atoms with Crippen molar-refractivity contribution in [2.75, 3.05) is 0 Å². The minimum atomic E-state index is -0.638. The molecule has 1 aliphatic rings. The van der Waals surface area contributed by atoms with Crippen LogP contribution in [-0.4, -0.2) is 38.3 Å². The Balaban J connectivity index is 1.18. The molecule has 190 valence electrons. The smallest absolute Gasteiger partial charge is 0.271 e. The van der Waals surface area contributed by atoms with Gasteiger partial charge in [-0.3, -0.25) is 9.59 Å². The van der Waals surface area contributed by atoms with Gasteiger partial charge in [-0.25, -0.2) is 18.7 Å². The summed E-state index contributed by atoms with van der Waals surface area (Å²) in [5, 5.41) is 5.90. The second kappa shape index (κ2) is 10.8. The predicted octanol–water partition coefficient (Wildman–Crippen LogP) is 4.88. The number of imidazole rings is 1. The minimum Gasteiger partial charge on any atom is -0.438 e. The molecule has 0 saturated heterocycles. The molecular weight excluding hydrogens is 595 g/mol. The van der Waals surface area contributed by atoms with Gasteiger partial charge in [-0.2, -0.15) is 0 Å². The van der Waals surface area contributed by atoms with Crippen molar-refractivity contribution < 1.29 is 23.1 Å². The molecule has 1 aliphatic carbocycles. The molecule has 3 heterocycles. The van der Waals surface area contributed by atoms with Crippen LogP contribution < -0.4 is 15.4 Å². The Morgan fingerprint density at radius 2 is 1.68 bits per heavy atom. The number of rotatable bonds is 6. The molecule has 4 aromatic rings. The number of carbonyl (C=O) groups excluding carboxylic acids is 2. The number of amides is 2. The van der Waals surface area contributed by atoms with E-state index in [1.807, 2.05) is 12.1 Å². The lowest BCUT2D eigenvalue weighted by Crippen LogP contribution is -2.44. The van der Waals surface area contributed by atoms with Crippen molar-refractivity contribution in [1.29, 1.82) is 0 Å². The third-order valence-corrected chi connectivity index (χ3v) is 6.79. The lowest BCUT2D eigenvalue weighted by Gasteiger charge is -2.29. The quantitative estimate of drug-likeness (QED) is 0.301. The highest BCUT2D eigenvalue weighted by atomic mass is 127. The summed E-state index contributed by atoms with van der Waals surface area (Å²) in [6.45, 7) is 0. The third kappa shape index (κ3) is 6.04. The number of halogens is 3. The number of ether oxygens (including phenoxy) is 1. The van der Waals surface area contributed by atoms with Gasteiger partial charge >= 0.3 is 0 Å². The van der Waals surface area contributed by atoms with E-state index in [1.165, 1.54) is 28.9 Å². The number of nitrogens with zero attached hydrogens (tertiary/aromatic N) is 3. The molecule has 0 spiro atoms. The van der Waals surface area contributed by atoms with Crippen molar-refractivity contribution in [1.82, 2.24) is 25.0 Å². The monoisotopic (exact) mass is 617 g/mol. The first-order valence-electron chi connectivity index (χ1n) is 11.7. The van der Waals surface area contributed by atoms with Crippen LogP contribution in [0.2, 0.25) is 0 Å². The van der Waals surface area contributed by atoms with E-state index in [-0.39, 0.29) is 35.1 Å². The average Bonchev–Trinajstić information content (AvgIpc) is 3.30. The Kier molecular flexibility index (Phi) is 7.31. The van der Waals surface area contributed by atoms with Gasteiger partial charge in [0.2, 0.25) is 5.88 Å². The molecule has 3 aromatic heterocycles. The molecule has 2 N–H and O–H groups in total. The third-order valence-electron chi connectivity index (χ3n) is 6.12. The van der Waals surface area contributed by atoms with E-state index in [1.54, 1.807) is 12.1 Å². The first-order chi connectivity index (χ1) is 17.8. The number of hydrogen-bond donors (Lipinski definition) is 2. The van der Waals surface area contributed by atoms with Gasteiger partial charge < -0.3 is 19.8 Å². The summed E-state index contributed by atoms with van der Waals surface area (Å²) in [6, 6.07) is 10.9. The van der Waals surface area contributed by atoms with Crippen LogP contribution in [-0.2, 0) is 0 Å². The molecule has 0 aliphatic heterocycles. The van der Waals surface area contributed by atoms with E-state index < -0.39 is 17.5 Å². The second-order valence-corrected chi connectivity index (χ2v) is 10.0. The van der Waals surface area contributed by atoms with Crippen molar-refractivity contribution in [2.24, 2.45) is 0 Å². The molecule has 1 aromatic carbocycles. The first kappa shape index (κ1) is 25.1. The summed E-state index contributed by atoms with van der Waals surface area (Å²) in [4.78, 5) is 33.8. The standard InChI is InChI=1S/C26H22F2IN5O3/c27-15-4-9-23-33-22(14-34(23)13-15)25(36)32-19-7-5-18(6-8-19)31-24(35)21-10-16(28)12-30-26(21)37-20-3-1-2-17(29)11-20/h1-4,9-14,18-19H,5-8H2,(H,31,35)(H,32,36). The highest BCUT2D eigenvalue weighted by molar-refractivity contribution is 14.1. The molecule has 0 bridgehead atoms. The van der Waals surface area contributed by atoms with Gasteiger partial charge in [-0.15, -0.1) is 0 Å². The van der Waals surface area contributed by atoms with Gasteiger partial charge in [0, 0.05) is 28.0 Å². The molecule has 37 heavy (non-hydrogen) atoms. The van der Waals surface area contributed by atoms with Gasteiger partial charge in [-0.05, 0) is 84.7 Å². The zero-order chi connectivity index (χ0) is 25.9. The fourth-order valence-electron chi connectivity index (χ4n) is 4.29. The van der Waals surface area contributed by atoms with Gasteiger partial charge in [-0.1, -0.05) is 6.07 Å². The lowest BCUT2D eigenvalue weighted by molar-refractivity contribution is 0.0888. The molecular formula is C26H22F2IN5O3. The van der Waals surface area contributed by atoms with Crippen LogP contribution in [0.15, 0.2) is 61.1 Å². The lowest BCUT2D eigenvalue weighted by atomic mass is 9.91. The number of aromatic nitrogens is 3. The summed E-state index contributed by atoms with van der Waals surface area (Å²) < 4.78 is 35.5. The number of nitrogens with one attached hydrogen (secondary N) is 2. The summed E-state index contributed by atoms with van der Waals surface area (Å²) in [5.74, 6) is -1.35. The van der Waals surface area contributed by atoms with Crippen LogP contribution in [0, 0.1) is 15.2 Å². The van der Waals surface area contributed by atoms with E-state index in [0.29, 0.717) is 37.1 Å². The largest absolute Gasteiger partial charge is 0.438 e. The van der Waals surface area contributed by atoms with E-state index in [2.05, 4.69) is 43.2 Å². The zero-order valence-electron chi connectivity index (χ0n) is 19.5. The number of hydrogen-bond acceptors (Lipinski definition) is 5. The fourth-order valence-corrected chi connectivity index (χ4v) is 4.81. The fraction of sp³-hybridized carbons (Fsp3) is 0.231. The van der Waals surface area contributed by atoms with E-state index >= 15 is 0 Å². The molecule has 1 fully saturated rings. The van der Waals surface area contributed by atoms with Crippen LogP contribution in [0.25, 0.3) is 5.65 Å². The van der Waals surface area contributed by atoms with Crippen molar-refractivity contribution in [2.45, 2.75) is 37.8 Å². The predicted molar refractivity (Wildman–Crippen MR) is 140 cm³/mol. The minimum absolute atomic E-state index is 0.0116. The molecule has 0 atom stereocenters. The first-order valence-corrected chi connectivity index (χ1v) is 12.8. The molecule has 5 rings (SSSR count). The Labute approximate surface area is 224 Å². The van der Waals surface area contributed by atoms with Crippen LogP contribution in [0.3, 0.4) is 0 Å². The average molecular weight is 617 g/mol. The van der Waals surface area contributed by atoms with Crippen molar-refractivity contribution in [3.05, 3.63) is 87.5 Å². The number of pyridine rings is 2. The van der Waals surface area contributed by atoms with E-state index in [0.717, 1.165) is 15.8 Å². The van der Waals surface area contributed by atoms with Crippen molar-refractivity contribution in [3.8, 4) is 11.6 Å². The second-order valence-electron chi connectivity index (χ2n) is 8.80. The Morgan fingerprint density at radius 1 is 0.946 bits per heavy atom. The molecule has 8 nitrogen and oxygen atoms in total. The van der Waals surface area contributed by atoms with E-state index in [4.69, 9.17) is 4.74 Å². The van der Waals surface area contributed by atoms with Crippen LogP contribution in [0.5, 0.6) is 11.6 Å². The molecule has 2 amide bonds. The van der Waals surface area contributed by atoms with Crippen molar-refractivity contribution in [3.63, 3.8) is 0 Å². The van der Waals surface area contributed by atoms with Crippen LogP contribution in [0.4, 0.5) is 8.78 Å². The maximum absolute atomic E-state index is 13.9. The maximum atomic E-state index is 13.9. The van der Waals surface area contributed by atoms with Gasteiger partial charge in [0.1, 0.15) is 34.3 Å². The maximum Gasteiger partial charge on any atom is 0.271 e. The highest BCUT2D eigenvalue weighted by Crippen LogP contribution is 2.26. The van der Waals surface area contributed by atoms with Gasteiger partial charge in [0.25, 0.3) is 11.8 Å². The Hall–Kier alpha value is -3.61. The molecule has 1 saturated carbocycles. The zero-order valence-corrected chi connectivity index (χ0v) is 21.6. The Morgan fingerprint density at radius 3 is 2.41 bits per heavy atom. The normalized spacial score (nSPS) is 17.4. The number of fused-ring (bicyclic) bond motifs is 1. The van der Waals surface area contributed by atoms with Gasteiger partial charge in [0.05, 0.1) is 6.20 Å².